The van der Waals surface area contributed by atoms with Crippen LogP contribution in [0.4, 0.5) is 5.69 Å². The number of hydrogen-bond donors (Lipinski definition) is 2. The lowest BCUT2D eigenvalue weighted by Gasteiger charge is -2.19. The zero-order valence-electron chi connectivity index (χ0n) is 11.3. The number of aliphatic hydroxyl groups excluding tert-OH is 1. The van der Waals surface area contributed by atoms with Crippen molar-refractivity contribution in [1.29, 1.82) is 0 Å². The van der Waals surface area contributed by atoms with Crippen LogP contribution in [0.1, 0.15) is 35.2 Å². The molecule has 1 fully saturated rings. The molecule has 0 spiro atoms. The van der Waals surface area contributed by atoms with E-state index in [0.29, 0.717) is 11.1 Å². The fraction of sp³-hybridized carbons (Fsp3) is 0.500. The average Bonchev–Trinajstić information content (AvgIpc) is 2.86. The van der Waals surface area contributed by atoms with Crippen molar-refractivity contribution in [3.05, 3.63) is 39.4 Å². The largest absolute Gasteiger partial charge is 0.396 e. The second-order valence-electron chi connectivity index (χ2n) is 5.21. The summed E-state index contributed by atoms with van der Waals surface area (Å²) >= 11 is 0. The number of carbonyl (C=O) groups is 1. The van der Waals surface area contributed by atoms with E-state index in [-0.39, 0.29) is 30.2 Å². The molecular formula is C14H18N2O4. The van der Waals surface area contributed by atoms with E-state index in [0.717, 1.165) is 19.3 Å². The molecule has 20 heavy (non-hydrogen) atoms. The van der Waals surface area contributed by atoms with Crippen molar-refractivity contribution >= 4 is 11.6 Å². The first-order valence-corrected chi connectivity index (χ1v) is 6.69. The Morgan fingerprint density at radius 2 is 2.25 bits per heavy atom. The van der Waals surface area contributed by atoms with Gasteiger partial charge in [0, 0.05) is 36.3 Å². The van der Waals surface area contributed by atoms with E-state index < -0.39 is 4.92 Å². The van der Waals surface area contributed by atoms with Gasteiger partial charge < -0.3 is 10.4 Å². The normalized spacial score (nSPS) is 21.7. The predicted octanol–water partition coefficient (Wildman–Crippen LogP) is 1.79. The van der Waals surface area contributed by atoms with Gasteiger partial charge in [0.15, 0.2) is 0 Å². The summed E-state index contributed by atoms with van der Waals surface area (Å²) < 4.78 is 0. The molecule has 6 heteroatoms. The number of nitro benzene ring substituents is 1. The van der Waals surface area contributed by atoms with Gasteiger partial charge in [-0.15, -0.1) is 0 Å². The molecule has 1 aliphatic carbocycles. The van der Waals surface area contributed by atoms with Crippen LogP contribution in [0, 0.1) is 23.0 Å². The van der Waals surface area contributed by atoms with E-state index in [1.807, 2.05) is 0 Å². The van der Waals surface area contributed by atoms with Crippen molar-refractivity contribution in [2.24, 2.45) is 5.92 Å². The Morgan fingerprint density at radius 1 is 1.50 bits per heavy atom. The van der Waals surface area contributed by atoms with Gasteiger partial charge in [0.1, 0.15) is 0 Å². The molecule has 0 saturated heterocycles. The van der Waals surface area contributed by atoms with Crippen LogP contribution in [0.15, 0.2) is 18.2 Å². The van der Waals surface area contributed by atoms with Gasteiger partial charge in [0.05, 0.1) is 4.92 Å². The van der Waals surface area contributed by atoms with Gasteiger partial charge in [-0.2, -0.15) is 0 Å². The van der Waals surface area contributed by atoms with Crippen molar-refractivity contribution in [1.82, 2.24) is 5.32 Å². The SMILES string of the molecule is Cc1ccc([N+](=O)[O-])cc1C(=O)NC1CCCC1CO. The third-order valence-electron chi connectivity index (χ3n) is 3.89. The first kappa shape index (κ1) is 14.5. The zero-order valence-corrected chi connectivity index (χ0v) is 11.3. The minimum atomic E-state index is -0.512. The molecule has 2 atom stereocenters. The molecule has 2 N–H and O–H groups in total. The maximum Gasteiger partial charge on any atom is 0.270 e. The van der Waals surface area contributed by atoms with Crippen molar-refractivity contribution in [3.8, 4) is 0 Å². The maximum atomic E-state index is 12.2. The molecule has 108 valence electrons. The quantitative estimate of drug-likeness (QED) is 0.648. The highest BCUT2D eigenvalue weighted by Crippen LogP contribution is 2.26. The number of nitrogens with zero attached hydrogens (tertiary/aromatic N) is 1. The summed E-state index contributed by atoms with van der Waals surface area (Å²) in [5.74, 6) is -0.227. The fourth-order valence-corrected chi connectivity index (χ4v) is 2.66. The number of nitrogens with one attached hydrogen (secondary N) is 1. The molecule has 1 aliphatic rings. The summed E-state index contributed by atoms with van der Waals surface area (Å²) in [5, 5.41) is 22.9. The highest BCUT2D eigenvalue weighted by atomic mass is 16.6. The summed E-state index contributed by atoms with van der Waals surface area (Å²) in [7, 11) is 0. The van der Waals surface area contributed by atoms with E-state index in [4.69, 9.17) is 0 Å². The van der Waals surface area contributed by atoms with Crippen LogP contribution in [0.25, 0.3) is 0 Å². The molecule has 0 radical (unpaired) electrons. The number of non-ortho nitro benzene ring substituents is 1. The van der Waals surface area contributed by atoms with Crippen molar-refractivity contribution in [2.45, 2.75) is 32.2 Å². The minimum absolute atomic E-state index is 0.0498. The number of aryl methyl sites for hydroxylation is 1. The van der Waals surface area contributed by atoms with Gasteiger partial charge in [-0.1, -0.05) is 12.5 Å². The number of amides is 1. The maximum absolute atomic E-state index is 12.2. The lowest BCUT2D eigenvalue weighted by Crippen LogP contribution is -2.38. The molecule has 0 aliphatic heterocycles. The van der Waals surface area contributed by atoms with Crippen molar-refractivity contribution in [2.75, 3.05) is 6.61 Å². The summed E-state index contributed by atoms with van der Waals surface area (Å²) in [6.07, 6.45) is 2.71. The average molecular weight is 278 g/mol. The number of hydrogen-bond acceptors (Lipinski definition) is 4. The minimum Gasteiger partial charge on any atom is -0.396 e. The predicted molar refractivity (Wildman–Crippen MR) is 73.5 cm³/mol. The lowest BCUT2D eigenvalue weighted by molar-refractivity contribution is -0.384. The highest BCUT2D eigenvalue weighted by molar-refractivity contribution is 5.96. The summed E-state index contributed by atoms with van der Waals surface area (Å²) in [5.41, 5.74) is 0.931. The number of rotatable bonds is 4. The molecule has 1 amide bonds. The summed E-state index contributed by atoms with van der Waals surface area (Å²) in [6.45, 7) is 1.80. The molecule has 0 bridgehead atoms. The van der Waals surface area contributed by atoms with Gasteiger partial charge in [0.2, 0.25) is 0 Å². The van der Waals surface area contributed by atoms with Crippen molar-refractivity contribution < 1.29 is 14.8 Å². The molecular weight excluding hydrogens is 260 g/mol. The molecule has 1 aromatic rings. The van der Waals surface area contributed by atoms with Gasteiger partial charge in [0.25, 0.3) is 11.6 Å². The van der Waals surface area contributed by atoms with E-state index in [9.17, 15) is 20.0 Å². The van der Waals surface area contributed by atoms with Crippen LogP contribution in [-0.4, -0.2) is 28.6 Å². The van der Waals surface area contributed by atoms with Crippen LogP contribution in [-0.2, 0) is 0 Å². The second-order valence-corrected chi connectivity index (χ2v) is 5.21. The first-order valence-electron chi connectivity index (χ1n) is 6.69. The Bertz CT molecular complexity index is 530. The fourth-order valence-electron chi connectivity index (χ4n) is 2.66. The number of nitro groups is 1. The Kier molecular flexibility index (Phi) is 4.34. The molecule has 1 aromatic carbocycles. The van der Waals surface area contributed by atoms with Gasteiger partial charge in [-0.05, 0) is 25.3 Å². The third-order valence-corrected chi connectivity index (χ3v) is 3.89. The Balaban J connectivity index is 2.16. The zero-order chi connectivity index (χ0) is 14.7. The molecule has 2 unspecified atom stereocenters. The van der Waals surface area contributed by atoms with Crippen LogP contribution in [0.2, 0.25) is 0 Å². The Morgan fingerprint density at radius 3 is 2.90 bits per heavy atom. The monoisotopic (exact) mass is 278 g/mol. The summed E-state index contributed by atoms with van der Waals surface area (Å²) in [4.78, 5) is 22.5. The van der Waals surface area contributed by atoms with E-state index >= 15 is 0 Å². The van der Waals surface area contributed by atoms with Crippen LogP contribution >= 0.6 is 0 Å². The van der Waals surface area contributed by atoms with E-state index in [1.54, 1.807) is 13.0 Å². The molecule has 0 aromatic heterocycles. The first-order chi connectivity index (χ1) is 9.52. The van der Waals surface area contributed by atoms with Crippen LogP contribution in [0.5, 0.6) is 0 Å². The van der Waals surface area contributed by atoms with Gasteiger partial charge >= 0.3 is 0 Å². The van der Waals surface area contributed by atoms with Gasteiger partial charge in [-0.25, -0.2) is 0 Å². The van der Waals surface area contributed by atoms with Crippen molar-refractivity contribution in [3.63, 3.8) is 0 Å². The van der Waals surface area contributed by atoms with Crippen LogP contribution in [0.3, 0.4) is 0 Å². The standard InChI is InChI=1S/C14H18N2O4/c1-9-5-6-11(16(19)20)7-12(9)14(18)15-13-4-2-3-10(13)8-17/h5-7,10,13,17H,2-4,8H2,1H3,(H,15,18). The van der Waals surface area contributed by atoms with Gasteiger partial charge in [-0.3, -0.25) is 14.9 Å². The number of benzene rings is 1. The highest BCUT2D eigenvalue weighted by Gasteiger charge is 2.28. The van der Waals surface area contributed by atoms with Crippen LogP contribution < -0.4 is 5.32 Å². The second kappa shape index (κ2) is 6.00. The molecule has 0 heterocycles. The molecule has 1 saturated carbocycles. The molecule has 2 rings (SSSR count). The Hall–Kier alpha value is -1.95. The lowest BCUT2D eigenvalue weighted by atomic mass is 10.0. The molecule has 6 nitrogen and oxygen atoms in total. The topological polar surface area (TPSA) is 92.5 Å². The number of aliphatic hydroxyl groups is 1. The van der Waals surface area contributed by atoms with E-state index in [2.05, 4.69) is 5.32 Å². The smallest absolute Gasteiger partial charge is 0.270 e. The van der Waals surface area contributed by atoms with E-state index in [1.165, 1.54) is 12.1 Å². The number of carbonyl (C=O) groups excluding carboxylic acids is 1. The Labute approximate surface area is 117 Å². The third kappa shape index (κ3) is 2.96. The summed E-state index contributed by atoms with van der Waals surface area (Å²) in [6, 6.07) is 4.21.